The zero-order valence-electron chi connectivity index (χ0n) is 16.7. The predicted octanol–water partition coefficient (Wildman–Crippen LogP) is 3.93. The molecule has 3 aromatic rings. The van der Waals surface area contributed by atoms with Crippen LogP contribution < -0.4 is 24.4 Å². The molecule has 1 fully saturated rings. The van der Waals surface area contributed by atoms with Crippen LogP contribution in [0.15, 0.2) is 36.4 Å². The van der Waals surface area contributed by atoms with E-state index < -0.39 is 0 Å². The van der Waals surface area contributed by atoms with Crippen molar-refractivity contribution in [3.05, 3.63) is 36.4 Å². The molecule has 1 atom stereocenters. The van der Waals surface area contributed by atoms with Crippen LogP contribution in [0.5, 0.6) is 17.2 Å². The molecule has 1 N–H and O–H groups in total. The first-order valence-corrected chi connectivity index (χ1v) is 10.9. The Kier molecular flexibility index (Phi) is 5.08. The van der Waals surface area contributed by atoms with E-state index in [0.717, 1.165) is 51.9 Å². The molecule has 7 nitrogen and oxygen atoms in total. The minimum atomic E-state index is -0.0894. The number of thiazole rings is 1. The van der Waals surface area contributed by atoms with Crippen molar-refractivity contribution in [3.63, 3.8) is 0 Å². The monoisotopic (exact) mass is 425 g/mol. The van der Waals surface area contributed by atoms with E-state index in [0.29, 0.717) is 25.5 Å². The quantitative estimate of drug-likeness (QED) is 0.683. The Morgan fingerprint density at radius 1 is 1.20 bits per heavy atom. The van der Waals surface area contributed by atoms with Gasteiger partial charge in [0.1, 0.15) is 19.0 Å². The number of carbonyl (C=O) groups is 1. The van der Waals surface area contributed by atoms with E-state index in [9.17, 15) is 4.79 Å². The topological polar surface area (TPSA) is 72.9 Å². The van der Waals surface area contributed by atoms with E-state index >= 15 is 0 Å². The number of nitrogens with one attached hydrogen (secondary N) is 1. The number of anilines is 2. The van der Waals surface area contributed by atoms with Gasteiger partial charge in [0.05, 0.1) is 23.2 Å². The molecule has 156 valence electrons. The maximum absolute atomic E-state index is 12.9. The lowest BCUT2D eigenvalue weighted by molar-refractivity contribution is -0.120. The fourth-order valence-electron chi connectivity index (χ4n) is 3.89. The summed E-state index contributed by atoms with van der Waals surface area (Å²) in [4.78, 5) is 19.9. The number of nitrogens with zero attached hydrogens (tertiary/aromatic N) is 2. The third-order valence-electron chi connectivity index (χ3n) is 5.46. The van der Waals surface area contributed by atoms with E-state index in [2.05, 4.69) is 10.2 Å². The van der Waals surface area contributed by atoms with Crippen LogP contribution in [-0.2, 0) is 4.79 Å². The fraction of sp³-hybridized carbons (Fsp3) is 0.364. The van der Waals surface area contributed by atoms with Crippen molar-refractivity contribution in [2.24, 2.45) is 5.92 Å². The second-order valence-electron chi connectivity index (χ2n) is 7.46. The average Bonchev–Trinajstić information content (AvgIpc) is 3.22. The average molecular weight is 426 g/mol. The van der Waals surface area contributed by atoms with E-state index in [1.54, 1.807) is 18.4 Å². The van der Waals surface area contributed by atoms with Crippen LogP contribution in [0.2, 0.25) is 0 Å². The van der Waals surface area contributed by atoms with Crippen molar-refractivity contribution < 1.29 is 19.0 Å². The SMILES string of the molecule is COc1ccc2nc(N3CCCC(C(=O)Nc4ccc5c(c4)OCCO5)C3)sc2c1. The van der Waals surface area contributed by atoms with Crippen LogP contribution in [-0.4, -0.2) is 44.3 Å². The molecule has 8 heteroatoms. The van der Waals surface area contributed by atoms with Crippen LogP contribution in [0.1, 0.15) is 12.8 Å². The Morgan fingerprint density at radius 2 is 2.07 bits per heavy atom. The van der Waals surface area contributed by atoms with Crippen molar-refractivity contribution in [1.82, 2.24) is 4.98 Å². The summed E-state index contributed by atoms with van der Waals surface area (Å²) in [7, 11) is 1.67. The van der Waals surface area contributed by atoms with Crippen molar-refractivity contribution in [1.29, 1.82) is 0 Å². The molecule has 0 spiro atoms. The Morgan fingerprint density at radius 3 is 2.93 bits per heavy atom. The molecule has 0 radical (unpaired) electrons. The first-order chi connectivity index (χ1) is 14.7. The Hall–Kier alpha value is -3.00. The summed E-state index contributed by atoms with van der Waals surface area (Å²) >= 11 is 1.64. The molecule has 0 aliphatic carbocycles. The van der Waals surface area contributed by atoms with Crippen LogP contribution in [0.3, 0.4) is 0 Å². The molecule has 1 saturated heterocycles. The van der Waals surface area contributed by atoms with Gasteiger partial charge in [0.15, 0.2) is 16.6 Å². The molecule has 2 aromatic carbocycles. The molecule has 3 heterocycles. The number of rotatable bonds is 4. The summed E-state index contributed by atoms with van der Waals surface area (Å²) in [6.45, 7) is 2.64. The van der Waals surface area contributed by atoms with Gasteiger partial charge in [-0.2, -0.15) is 0 Å². The number of ether oxygens (including phenoxy) is 3. The second kappa shape index (κ2) is 8.02. The minimum Gasteiger partial charge on any atom is -0.497 e. The van der Waals surface area contributed by atoms with Crippen molar-refractivity contribution in [3.8, 4) is 17.2 Å². The highest BCUT2D eigenvalue weighted by Crippen LogP contribution is 2.35. The van der Waals surface area contributed by atoms with Gasteiger partial charge in [0, 0.05) is 24.8 Å². The standard InChI is InChI=1S/C22H23N3O4S/c1-27-16-5-6-17-20(12-16)30-22(24-17)25-8-2-3-14(13-25)21(26)23-15-4-7-18-19(11-15)29-10-9-28-18/h4-7,11-12,14H,2-3,8-10,13H2,1H3,(H,23,26). The van der Waals surface area contributed by atoms with Gasteiger partial charge < -0.3 is 24.4 Å². The third kappa shape index (κ3) is 3.75. The lowest BCUT2D eigenvalue weighted by Crippen LogP contribution is -2.40. The second-order valence-corrected chi connectivity index (χ2v) is 8.47. The molecule has 0 bridgehead atoms. The highest BCUT2D eigenvalue weighted by Gasteiger charge is 2.28. The maximum atomic E-state index is 12.9. The van der Waals surface area contributed by atoms with Crippen LogP contribution in [0.25, 0.3) is 10.2 Å². The number of hydrogen-bond acceptors (Lipinski definition) is 7. The largest absolute Gasteiger partial charge is 0.497 e. The number of methoxy groups -OCH3 is 1. The predicted molar refractivity (Wildman–Crippen MR) is 117 cm³/mol. The number of fused-ring (bicyclic) bond motifs is 2. The van der Waals surface area contributed by atoms with Crippen LogP contribution in [0, 0.1) is 5.92 Å². The Labute approximate surface area is 178 Å². The van der Waals surface area contributed by atoms with Gasteiger partial charge in [0.2, 0.25) is 5.91 Å². The summed E-state index contributed by atoms with van der Waals surface area (Å²) in [5.41, 5.74) is 1.69. The van der Waals surface area contributed by atoms with Gasteiger partial charge in [-0.1, -0.05) is 11.3 Å². The van der Waals surface area contributed by atoms with Gasteiger partial charge in [0.25, 0.3) is 0 Å². The van der Waals surface area contributed by atoms with Gasteiger partial charge in [-0.15, -0.1) is 0 Å². The molecule has 1 unspecified atom stereocenters. The molecule has 0 saturated carbocycles. The summed E-state index contributed by atoms with van der Waals surface area (Å²) in [5, 5.41) is 3.99. The number of aromatic nitrogens is 1. The molecule has 2 aliphatic rings. The van der Waals surface area contributed by atoms with E-state index in [1.165, 1.54) is 0 Å². The zero-order chi connectivity index (χ0) is 20.5. The highest BCUT2D eigenvalue weighted by atomic mass is 32.1. The maximum Gasteiger partial charge on any atom is 0.229 e. The van der Waals surface area contributed by atoms with Gasteiger partial charge in [-0.05, 0) is 43.2 Å². The summed E-state index contributed by atoms with van der Waals surface area (Å²) < 4.78 is 17.6. The molecule has 2 aliphatic heterocycles. The van der Waals surface area contributed by atoms with E-state index in [4.69, 9.17) is 19.2 Å². The molecular weight excluding hydrogens is 402 g/mol. The lowest BCUT2D eigenvalue weighted by Gasteiger charge is -2.31. The number of piperidine rings is 1. The normalized spacial score (nSPS) is 18.3. The summed E-state index contributed by atoms with van der Waals surface area (Å²) in [6.07, 6.45) is 1.82. The van der Waals surface area contributed by atoms with Crippen LogP contribution in [0.4, 0.5) is 10.8 Å². The molecule has 1 aromatic heterocycles. The molecular formula is C22H23N3O4S. The smallest absolute Gasteiger partial charge is 0.229 e. The summed E-state index contributed by atoms with van der Waals surface area (Å²) in [6, 6.07) is 11.4. The number of amides is 1. The Balaban J connectivity index is 1.28. The first kappa shape index (κ1) is 19.0. The molecule has 1 amide bonds. The van der Waals surface area contributed by atoms with Crippen molar-refractivity contribution in [2.45, 2.75) is 12.8 Å². The molecule has 5 rings (SSSR count). The van der Waals surface area contributed by atoms with Crippen molar-refractivity contribution >= 4 is 38.3 Å². The van der Waals surface area contributed by atoms with E-state index in [-0.39, 0.29) is 11.8 Å². The van der Waals surface area contributed by atoms with Crippen molar-refractivity contribution in [2.75, 3.05) is 43.6 Å². The van der Waals surface area contributed by atoms with E-state index in [1.807, 2.05) is 36.4 Å². The molecule has 30 heavy (non-hydrogen) atoms. The van der Waals surface area contributed by atoms with Crippen LogP contribution >= 0.6 is 11.3 Å². The first-order valence-electron chi connectivity index (χ1n) is 10.1. The number of hydrogen-bond donors (Lipinski definition) is 1. The number of benzene rings is 2. The zero-order valence-corrected chi connectivity index (χ0v) is 17.5. The van der Waals surface area contributed by atoms with Gasteiger partial charge >= 0.3 is 0 Å². The van der Waals surface area contributed by atoms with Gasteiger partial charge in [-0.25, -0.2) is 4.98 Å². The highest BCUT2D eigenvalue weighted by molar-refractivity contribution is 7.22. The Bertz CT molecular complexity index is 1080. The van der Waals surface area contributed by atoms with Gasteiger partial charge in [-0.3, -0.25) is 4.79 Å². The third-order valence-corrected chi connectivity index (χ3v) is 6.54. The lowest BCUT2D eigenvalue weighted by atomic mass is 9.97. The summed E-state index contributed by atoms with van der Waals surface area (Å²) in [5.74, 6) is 2.16. The fourth-order valence-corrected chi connectivity index (χ4v) is 4.91. The number of carbonyl (C=O) groups excluding carboxylic acids is 1. The minimum absolute atomic E-state index is 0.0270.